The first kappa shape index (κ1) is 16.5. The Bertz CT molecular complexity index is 283. The smallest absolute Gasteiger partial charge is 0.222 e. The number of hydrogen-bond acceptors (Lipinski definition) is 2. The maximum absolute atomic E-state index is 12.1. The fourth-order valence-corrected chi connectivity index (χ4v) is 2.62. The molecule has 1 aliphatic rings. The molecular weight excluding hydrogens is 236 g/mol. The van der Waals surface area contributed by atoms with Crippen LogP contribution >= 0.6 is 0 Å². The summed E-state index contributed by atoms with van der Waals surface area (Å²) in [6.07, 6.45) is 4.22. The van der Waals surface area contributed by atoms with Gasteiger partial charge >= 0.3 is 0 Å². The summed E-state index contributed by atoms with van der Waals surface area (Å²) in [6.45, 7) is 13.9. The number of likely N-dealkylation sites (tertiary alicyclic amines) is 1. The second-order valence-electron chi connectivity index (χ2n) is 7.18. The van der Waals surface area contributed by atoms with Gasteiger partial charge in [0.25, 0.3) is 0 Å². The first-order chi connectivity index (χ1) is 8.81. The summed E-state index contributed by atoms with van der Waals surface area (Å²) in [7, 11) is 0. The zero-order valence-electron chi connectivity index (χ0n) is 13.5. The van der Waals surface area contributed by atoms with Gasteiger partial charge in [-0.2, -0.15) is 0 Å². The minimum absolute atomic E-state index is 0.157. The van der Waals surface area contributed by atoms with Gasteiger partial charge in [-0.1, -0.05) is 20.3 Å². The van der Waals surface area contributed by atoms with Gasteiger partial charge in [-0.3, -0.25) is 4.79 Å². The predicted octanol–water partition coefficient (Wildman–Crippen LogP) is 3.05. The lowest BCUT2D eigenvalue weighted by Crippen LogP contribution is -2.42. The van der Waals surface area contributed by atoms with E-state index in [1.165, 1.54) is 12.8 Å². The second-order valence-corrected chi connectivity index (χ2v) is 7.18. The van der Waals surface area contributed by atoms with Crippen LogP contribution in [0.25, 0.3) is 0 Å². The minimum atomic E-state index is 0.157. The molecule has 0 aromatic heterocycles. The molecule has 3 nitrogen and oxygen atoms in total. The van der Waals surface area contributed by atoms with Crippen molar-refractivity contribution in [3.63, 3.8) is 0 Å². The molecule has 0 saturated carbocycles. The summed E-state index contributed by atoms with van der Waals surface area (Å²) < 4.78 is 0. The van der Waals surface area contributed by atoms with E-state index in [9.17, 15) is 4.79 Å². The van der Waals surface area contributed by atoms with Crippen LogP contribution in [-0.4, -0.2) is 36.0 Å². The number of nitrogens with zero attached hydrogens (tertiary/aromatic N) is 1. The fraction of sp³-hybridized carbons (Fsp3) is 0.938. The molecule has 0 aromatic carbocycles. The molecule has 1 N–H and O–H groups in total. The molecule has 1 saturated heterocycles. The van der Waals surface area contributed by atoms with E-state index in [0.29, 0.717) is 11.8 Å². The lowest BCUT2D eigenvalue weighted by atomic mass is 9.98. The number of carbonyl (C=O) groups is 1. The van der Waals surface area contributed by atoms with Crippen LogP contribution in [0.15, 0.2) is 0 Å². The first-order valence-corrected chi connectivity index (χ1v) is 7.84. The van der Waals surface area contributed by atoms with Gasteiger partial charge in [0.2, 0.25) is 5.91 Å². The molecule has 19 heavy (non-hydrogen) atoms. The van der Waals surface area contributed by atoms with Gasteiger partial charge in [0, 0.05) is 25.0 Å². The summed E-state index contributed by atoms with van der Waals surface area (Å²) in [5, 5.41) is 3.52. The van der Waals surface area contributed by atoms with Crippen molar-refractivity contribution >= 4 is 5.91 Å². The van der Waals surface area contributed by atoms with E-state index in [4.69, 9.17) is 0 Å². The summed E-state index contributed by atoms with van der Waals surface area (Å²) in [6, 6.07) is 0. The van der Waals surface area contributed by atoms with Crippen molar-refractivity contribution in [2.24, 2.45) is 11.8 Å². The highest BCUT2D eigenvalue weighted by Crippen LogP contribution is 2.21. The normalized spacial score (nSPS) is 23.3. The molecule has 1 aliphatic heterocycles. The van der Waals surface area contributed by atoms with Crippen molar-refractivity contribution in [2.75, 3.05) is 19.6 Å². The predicted molar refractivity (Wildman–Crippen MR) is 81.1 cm³/mol. The molecule has 2 unspecified atom stereocenters. The number of nitrogens with one attached hydrogen (secondary N) is 1. The average molecular weight is 268 g/mol. The molecule has 0 radical (unpaired) electrons. The van der Waals surface area contributed by atoms with Crippen LogP contribution in [0.4, 0.5) is 0 Å². The number of carbonyl (C=O) groups excluding carboxylic acids is 1. The maximum atomic E-state index is 12.1. The zero-order chi connectivity index (χ0) is 14.5. The minimum Gasteiger partial charge on any atom is -0.342 e. The Morgan fingerprint density at radius 3 is 2.63 bits per heavy atom. The van der Waals surface area contributed by atoms with Crippen molar-refractivity contribution in [3.8, 4) is 0 Å². The molecule has 0 aromatic rings. The average Bonchev–Trinajstić information content (AvgIpc) is 2.49. The van der Waals surface area contributed by atoms with E-state index in [1.54, 1.807) is 0 Å². The van der Waals surface area contributed by atoms with Gasteiger partial charge in [-0.25, -0.2) is 0 Å². The highest BCUT2D eigenvalue weighted by molar-refractivity contribution is 5.76. The van der Waals surface area contributed by atoms with Crippen LogP contribution in [0, 0.1) is 11.8 Å². The van der Waals surface area contributed by atoms with Gasteiger partial charge in [-0.05, 0) is 52.0 Å². The van der Waals surface area contributed by atoms with Gasteiger partial charge in [0.1, 0.15) is 0 Å². The molecule has 3 heteroatoms. The maximum Gasteiger partial charge on any atom is 0.222 e. The summed E-state index contributed by atoms with van der Waals surface area (Å²) in [5.41, 5.74) is 0.157. The Morgan fingerprint density at radius 1 is 1.37 bits per heavy atom. The van der Waals surface area contributed by atoms with E-state index in [-0.39, 0.29) is 5.54 Å². The largest absolute Gasteiger partial charge is 0.342 e. The van der Waals surface area contributed by atoms with Crippen molar-refractivity contribution in [3.05, 3.63) is 0 Å². The van der Waals surface area contributed by atoms with Crippen LogP contribution in [0.1, 0.15) is 60.3 Å². The quantitative estimate of drug-likeness (QED) is 0.831. The molecule has 0 bridgehead atoms. The van der Waals surface area contributed by atoms with E-state index < -0.39 is 0 Å². The standard InChI is InChI=1S/C16H32N2O/c1-6-14-7-8-15(19)18(10-9-14)12-13(2)11-17-16(3,4)5/h13-14,17H,6-12H2,1-5H3. The summed E-state index contributed by atoms with van der Waals surface area (Å²) in [4.78, 5) is 14.2. The van der Waals surface area contributed by atoms with Crippen LogP contribution < -0.4 is 5.32 Å². The Labute approximate surface area is 119 Å². The zero-order valence-corrected chi connectivity index (χ0v) is 13.5. The monoisotopic (exact) mass is 268 g/mol. The van der Waals surface area contributed by atoms with Crippen LogP contribution in [0.3, 0.4) is 0 Å². The number of hydrogen-bond donors (Lipinski definition) is 1. The Balaban J connectivity index is 2.40. The van der Waals surface area contributed by atoms with Crippen molar-refractivity contribution in [2.45, 2.75) is 65.8 Å². The number of rotatable bonds is 5. The molecular formula is C16H32N2O. The van der Waals surface area contributed by atoms with E-state index in [2.05, 4.69) is 44.8 Å². The van der Waals surface area contributed by atoms with E-state index >= 15 is 0 Å². The molecule has 1 fully saturated rings. The number of amides is 1. The Hall–Kier alpha value is -0.570. The van der Waals surface area contributed by atoms with Crippen LogP contribution in [0.2, 0.25) is 0 Å². The lowest BCUT2D eigenvalue weighted by molar-refractivity contribution is -0.131. The SMILES string of the molecule is CCC1CCC(=O)N(CC(C)CNC(C)(C)C)CC1. The second kappa shape index (κ2) is 7.28. The van der Waals surface area contributed by atoms with Gasteiger partial charge in [0.05, 0.1) is 0 Å². The highest BCUT2D eigenvalue weighted by Gasteiger charge is 2.23. The van der Waals surface area contributed by atoms with Crippen LogP contribution in [-0.2, 0) is 4.79 Å². The van der Waals surface area contributed by atoms with E-state index in [0.717, 1.165) is 38.4 Å². The molecule has 0 spiro atoms. The molecule has 2 atom stereocenters. The summed E-state index contributed by atoms with van der Waals surface area (Å²) in [5.74, 6) is 1.62. The first-order valence-electron chi connectivity index (χ1n) is 7.84. The van der Waals surface area contributed by atoms with E-state index in [1.807, 2.05) is 0 Å². The fourth-order valence-electron chi connectivity index (χ4n) is 2.62. The van der Waals surface area contributed by atoms with Crippen LogP contribution in [0.5, 0.6) is 0 Å². The third-order valence-electron chi connectivity index (χ3n) is 4.02. The summed E-state index contributed by atoms with van der Waals surface area (Å²) >= 11 is 0. The topological polar surface area (TPSA) is 32.3 Å². The van der Waals surface area contributed by atoms with Crippen molar-refractivity contribution < 1.29 is 4.79 Å². The molecule has 0 aliphatic carbocycles. The molecule has 112 valence electrons. The van der Waals surface area contributed by atoms with Crippen molar-refractivity contribution in [1.82, 2.24) is 10.2 Å². The third-order valence-corrected chi connectivity index (χ3v) is 4.02. The molecule has 1 rings (SSSR count). The van der Waals surface area contributed by atoms with Gasteiger partial charge in [-0.15, -0.1) is 0 Å². The highest BCUT2D eigenvalue weighted by atomic mass is 16.2. The Kier molecular flexibility index (Phi) is 6.31. The van der Waals surface area contributed by atoms with Gasteiger partial charge in [0.15, 0.2) is 0 Å². The molecule has 1 amide bonds. The van der Waals surface area contributed by atoms with Crippen molar-refractivity contribution in [1.29, 1.82) is 0 Å². The third kappa shape index (κ3) is 6.42. The molecule has 1 heterocycles. The lowest BCUT2D eigenvalue weighted by Gasteiger charge is -2.28. The Morgan fingerprint density at radius 2 is 2.05 bits per heavy atom. The van der Waals surface area contributed by atoms with Gasteiger partial charge < -0.3 is 10.2 Å².